The van der Waals surface area contributed by atoms with E-state index in [1.54, 1.807) is 12.1 Å². The molecule has 1 aromatic rings. The van der Waals surface area contributed by atoms with Gasteiger partial charge in [-0.2, -0.15) is 0 Å². The third-order valence-corrected chi connectivity index (χ3v) is 4.10. The van der Waals surface area contributed by atoms with E-state index >= 15 is 0 Å². The maximum Gasteiger partial charge on any atom is 0.251 e. The molecule has 2 fully saturated rings. The second kappa shape index (κ2) is 5.32. The van der Waals surface area contributed by atoms with Gasteiger partial charge in [-0.25, -0.2) is 0 Å². The van der Waals surface area contributed by atoms with Crippen molar-refractivity contribution in [1.82, 2.24) is 5.32 Å². The highest BCUT2D eigenvalue weighted by atomic mass is 16.5. The third-order valence-electron chi connectivity index (χ3n) is 4.10. The zero-order valence-electron chi connectivity index (χ0n) is 11.7. The zero-order valence-corrected chi connectivity index (χ0v) is 11.7. The Kier molecular flexibility index (Phi) is 3.53. The van der Waals surface area contributed by atoms with Gasteiger partial charge in [0.1, 0.15) is 0 Å². The third kappa shape index (κ3) is 2.45. The van der Waals surface area contributed by atoms with E-state index in [1.165, 1.54) is 0 Å². The Bertz CT molecular complexity index is 518. The summed E-state index contributed by atoms with van der Waals surface area (Å²) in [5, 5.41) is 6.24. The van der Waals surface area contributed by atoms with Crippen LogP contribution in [0.5, 0.6) is 0 Å². The van der Waals surface area contributed by atoms with Crippen LogP contribution in [0.15, 0.2) is 18.2 Å². The standard InChI is InChI=1S/C15H21N3O2/c1-2-17-15(19)9-3-5-11(16)12(7-9)18-13-8-10-4-6-14(13)20-10/h3,5,7,10,13-14,18H,2,4,6,8,16H2,1H3,(H,17,19). The molecule has 20 heavy (non-hydrogen) atoms. The molecule has 3 rings (SSSR count). The van der Waals surface area contributed by atoms with E-state index in [1.807, 2.05) is 13.0 Å². The number of anilines is 2. The second-order valence-corrected chi connectivity index (χ2v) is 5.52. The first kappa shape index (κ1) is 13.2. The van der Waals surface area contributed by atoms with Crippen LogP contribution in [0.25, 0.3) is 0 Å². The number of carbonyl (C=O) groups excluding carboxylic acids is 1. The number of nitrogens with two attached hydrogens (primary N) is 1. The first-order valence-electron chi connectivity index (χ1n) is 7.27. The fourth-order valence-electron chi connectivity index (χ4n) is 3.07. The number of nitrogen functional groups attached to an aromatic ring is 1. The Labute approximate surface area is 118 Å². The van der Waals surface area contributed by atoms with Gasteiger partial charge in [0.2, 0.25) is 0 Å². The molecule has 4 N–H and O–H groups in total. The molecule has 1 aromatic carbocycles. The van der Waals surface area contributed by atoms with Crippen LogP contribution in [0.4, 0.5) is 11.4 Å². The van der Waals surface area contributed by atoms with Crippen molar-refractivity contribution >= 4 is 17.3 Å². The van der Waals surface area contributed by atoms with Crippen molar-refractivity contribution in [1.29, 1.82) is 0 Å². The van der Waals surface area contributed by atoms with Gasteiger partial charge in [0.15, 0.2) is 0 Å². The molecule has 0 saturated carbocycles. The summed E-state index contributed by atoms with van der Waals surface area (Å²) in [6.45, 7) is 2.52. The lowest BCUT2D eigenvalue weighted by Gasteiger charge is -2.22. The van der Waals surface area contributed by atoms with Gasteiger partial charge in [0.05, 0.1) is 29.6 Å². The highest BCUT2D eigenvalue weighted by molar-refractivity contribution is 5.96. The lowest BCUT2D eigenvalue weighted by atomic mass is 9.95. The van der Waals surface area contributed by atoms with Gasteiger partial charge in [-0.3, -0.25) is 4.79 Å². The van der Waals surface area contributed by atoms with Crippen molar-refractivity contribution in [3.8, 4) is 0 Å². The Morgan fingerprint density at radius 2 is 2.30 bits per heavy atom. The van der Waals surface area contributed by atoms with Crippen LogP contribution in [-0.2, 0) is 4.74 Å². The molecule has 3 unspecified atom stereocenters. The van der Waals surface area contributed by atoms with Gasteiger partial charge in [-0.15, -0.1) is 0 Å². The average Bonchev–Trinajstić information content (AvgIpc) is 3.04. The molecule has 0 aromatic heterocycles. The summed E-state index contributed by atoms with van der Waals surface area (Å²) in [7, 11) is 0. The van der Waals surface area contributed by atoms with E-state index < -0.39 is 0 Å². The van der Waals surface area contributed by atoms with Gasteiger partial charge in [0, 0.05) is 12.1 Å². The van der Waals surface area contributed by atoms with Crippen molar-refractivity contribution in [3.05, 3.63) is 23.8 Å². The van der Waals surface area contributed by atoms with Crippen LogP contribution in [0.3, 0.4) is 0 Å². The largest absolute Gasteiger partial charge is 0.397 e. The predicted molar refractivity (Wildman–Crippen MR) is 78.8 cm³/mol. The molecule has 2 aliphatic rings. The molecular formula is C15H21N3O2. The number of carbonyl (C=O) groups is 1. The molecule has 0 aliphatic carbocycles. The van der Waals surface area contributed by atoms with Crippen molar-refractivity contribution in [3.63, 3.8) is 0 Å². The minimum Gasteiger partial charge on any atom is -0.397 e. The summed E-state index contributed by atoms with van der Waals surface area (Å²) in [6.07, 6.45) is 3.98. The molecule has 5 nitrogen and oxygen atoms in total. The van der Waals surface area contributed by atoms with Crippen LogP contribution < -0.4 is 16.4 Å². The highest BCUT2D eigenvalue weighted by Crippen LogP contribution is 2.36. The van der Waals surface area contributed by atoms with Gasteiger partial charge in [-0.1, -0.05) is 0 Å². The topological polar surface area (TPSA) is 76.4 Å². The maximum absolute atomic E-state index is 11.9. The molecule has 0 spiro atoms. The number of hydrogen-bond donors (Lipinski definition) is 3. The molecule has 2 aliphatic heterocycles. The summed E-state index contributed by atoms with van der Waals surface area (Å²) in [6, 6.07) is 5.66. The number of fused-ring (bicyclic) bond motifs is 2. The highest BCUT2D eigenvalue weighted by Gasteiger charge is 2.40. The number of hydrogen-bond acceptors (Lipinski definition) is 4. The second-order valence-electron chi connectivity index (χ2n) is 5.52. The normalized spacial score (nSPS) is 27.6. The smallest absolute Gasteiger partial charge is 0.251 e. The fourth-order valence-corrected chi connectivity index (χ4v) is 3.07. The Morgan fingerprint density at radius 3 is 2.95 bits per heavy atom. The molecule has 0 radical (unpaired) electrons. The number of nitrogens with one attached hydrogen (secondary N) is 2. The Morgan fingerprint density at radius 1 is 1.45 bits per heavy atom. The average molecular weight is 275 g/mol. The predicted octanol–water partition coefficient (Wildman–Crippen LogP) is 1.75. The molecular weight excluding hydrogens is 254 g/mol. The Hall–Kier alpha value is -1.75. The van der Waals surface area contributed by atoms with E-state index in [0.717, 1.165) is 24.9 Å². The SMILES string of the molecule is CCNC(=O)c1ccc(N)c(NC2CC3CCC2O3)c1. The molecule has 2 saturated heterocycles. The summed E-state index contributed by atoms with van der Waals surface area (Å²) in [5.74, 6) is -0.0697. The molecule has 2 heterocycles. The van der Waals surface area contributed by atoms with Crippen molar-refractivity contribution in [2.75, 3.05) is 17.6 Å². The van der Waals surface area contributed by atoms with Crippen LogP contribution in [-0.4, -0.2) is 30.7 Å². The van der Waals surface area contributed by atoms with Crippen molar-refractivity contribution in [2.24, 2.45) is 0 Å². The minimum absolute atomic E-state index is 0.0697. The van der Waals surface area contributed by atoms with Crippen LogP contribution >= 0.6 is 0 Å². The lowest BCUT2D eigenvalue weighted by molar-refractivity contribution is 0.0956. The fraction of sp³-hybridized carbons (Fsp3) is 0.533. The van der Waals surface area contributed by atoms with E-state index in [2.05, 4.69) is 10.6 Å². The molecule has 5 heteroatoms. The van der Waals surface area contributed by atoms with Gasteiger partial charge in [-0.05, 0) is 44.4 Å². The van der Waals surface area contributed by atoms with E-state index in [9.17, 15) is 4.79 Å². The van der Waals surface area contributed by atoms with E-state index in [0.29, 0.717) is 29.9 Å². The molecule has 3 atom stereocenters. The monoisotopic (exact) mass is 275 g/mol. The molecule has 108 valence electrons. The van der Waals surface area contributed by atoms with E-state index in [4.69, 9.17) is 10.5 Å². The quantitative estimate of drug-likeness (QED) is 0.732. The number of rotatable bonds is 4. The first-order valence-corrected chi connectivity index (χ1v) is 7.27. The minimum atomic E-state index is -0.0697. The summed E-state index contributed by atoms with van der Waals surface area (Å²) >= 11 is 0. The first-order chi connectivity index (χ1) is 9.67. The van der Waals surface area contributed by atoms with Crippen LogP contribution in [0.2, 0.25) is 0 Å². The molecule has 2 bridgehead atoms. The van der Waals surface area contributed by atoms with Crippen molar-refractivity contribution in [2.45, 2.75) is 44.4 Å². The summed E-state index contributed by atoms with van der Waals surface area (Å²) in [5.41, 5.74) is 8.13. The molecule has 1 amide bonds. The van der Waals surface area contributed by atoms with Gasteiger partial charge in [0.25, 0.3) is 5.91 Å². The number of ether oxygens (including phenoxy) is 1. The zero-order chi connectivity index (χ0) is 14.1. The maximum atomic E-state index is 11.9. The van der Waals surface area contributed by atoms with E-state index in [-0.39, 0.29) is 12.0 Å². The summed E-state index contributed by atoms with van der Waals surface area (Å²) < 4.78 is 5.83. The summed E-state index contributed by atoms with van der Waals surface area (Å²) in [4.78, 5) is 11.9. The Balaban J connectivity index is 1.75. The van der Waals surface area contributed by atoms with Gasteiger partial charge >= 0.3 is 0 Å². The number of benzene rings is 1. The van der Waals surface area contributed by atoms with Crippen molar-refractivity contribution < 1.29 is 9.53 Å². The van der Waals surface area contributed by atoms with Crippen LogP contribution in [0, 0.1) is 0 Å². The van der Waals surface area contributed by atoms with Crippen LogP contribution in [0.1, 0.15) is 36.5 Å². The lowest BCUT2D eigenvalue weighted by Crippen LogP contribution is -2.31. The van der Waals surface area contributed by atoms with Gasteiger partial charge < -0.3 is 21.1 Å². The number of amides is 1.